The van der Waals surface area contributed by atoms with Crippen molar-refractivity contribution in [2.45, 2.75) is 32.3 Å². The van der Waals surface area contributed by atoms with Crippen LogP contribution in [0.2, 0.25) is 0 Å². The minimum absolute atomic E-state index is 0.0732. The molecule has 0 spiro atoms. The van der Waals surface area contributed by atoms with Gasteiger partial charge in [-0.3, -0.25) is 9.59 Å². The largest absolute Gasteiger partial charge is 0.508 e. The number of phenolic OH excluding ortho intramolecular Hbond substituents is 1. The summed E-state index contributed by atoms with van der Waals surface area (Å²) in [6, 6.07) is 4.06. The summed E-state index contributed by atoms with van der Waals surface area (Å²) in [5.74, 6) is -0.966. The fourth-order valence-electron chi connectivity index (χ4n) is 3.89. The first-order valence-electron chi connectivity index (χ1n) is 7.63. The molecule has 4 rings (SSSR count). The average molecular weight is 308 g/mol. The Morgan fingerprint density at radius 3 is 2.57 bits per heavy atom. The molecule has 3 aliphatic rings. The first-order valence-corrected chi connectivity index (χ1v) is 7.63. The van der Waals surface area contributed by atoms with Gasteiger partial charge in [0.25, 0.3) is 0 Å². The highest BCUT2D eigenvalue weighted by molar-refractivity contribution is 6.28. The molecule has 0 heterocycles. The van der Waals surface area contributed by atoms with Gasteiger partial charge in [0.05, 0.1) is 0 Å². The molecule has 0 saturated carbocycles. The minimum atomic E-state index is -1.88. The van der Waals surface area contributed by atoms with E-state index in [1.165, 1.54) is 18.2 Å². The highest BCUT2D eigenvalue weighted by atomic mass is 16.3. The van der Waals surface area contributed by atoms with Crippen LogP contribution in [0.25, 0.3) is 0 Å². The second kappa shape index (κ2) is 4.30. The number of phenols is 1. The molecule has 1 unspecified atom stereocenters. The first kappa shape index (κ1) is 14.2. The molecule has 2 N–H and O–H groups in total. The molecular weight excluding hydrogens is 292 g/mol. The molecule has 0 fully saturated rings. The molecule has 23 heavy (non-hydrogen) atoms. The molecule has 4 heteroatoms. The zero-order valence-corrected chi connectivity index (χ0v) is 12.9. The Morgan fingerprint density at radius 2 is 1.83 bits per heavy atom. The lowest BCUT2D eigenvalue weighted by Crippen LogP contribution is -2.50. The number of rotatable bonds is 0. The van der Waals surface area contributed by atoms with Crippen molar-refractivity contribution in [1.82, 2.24) is 0 Å². The van der Waals surface area contributed by atoms with Crippen molar-refractivity contribution in [2.75, 3.05) is 0 Å². The maximum Gasteiger partial charge on any atom is 0.204 e. The second-order valence-electron chi connectivity index (χ2n) is 6.45. The first-order chi connectivity index (χ1) is 10.9. The van der Waals surface area contributed by atoms with Gasteiger partial charge in [-0.2, -0.15) is 0 Å². The lowest BCUT2D eigenvalue weighted by Gasteiger charge is -2.38. The molecule has 0 saturated heterocycles. The molecule has 1 atom stereocenters. The van der Waals surface area contributed by atoms with Crippen LogP contribution in [0.4, 0.5) is 0 Å². The van der Waals surface area contributed by atoms with Crippen molar-refractivity contribution in [3.63, 3.8) is 0 Å². The van der Waals surface area contributed by atoms with E-state index >= 15 is 0 Å². The van der Waals surface area contributed by atoms with E-state index in [4.69, 9.17) is 0 Å². The highest BCUT2D eigenvalue weighted by Crippen LogP contribution is 2.48. The number of Topliss-reactive ketones (excluding diaryl/α,β-unsaturated/α-hetero) is 2. The Hall–Kier alpha value is -2.46. The highest BCUT2D eigenvalue weighted by Gasteiger charge is 2.53. The number of carbonyl (C=O) groups excluding carboxylic acids is 2. The van der Waals surface area contributed by atoms with Crippen LogP contribution in [0.15, 0.2) is 52.1 Å². The predicted molar refractivity (Wildman–Crippen MR) is 84.4 cm³/mol. The van der Waals surface area contributed by atoms with Crippen LogP contribution in [0, 0.1) is 0 Å². The summed E-state index contributed by atoms with van der Waals surface area (Å²) in [6.07, 6.45) is 3.32. The van der Waals surface area contributed by atoms with Crippen LogP contribution in [0.1, 0.15) is 47.4 Å². The standard InChI is InChI=1S/C19H16O4/c1-9-3-5-12-10(2)19(23)16(8-14(9)12)17(21)15-7-11(20)4-6-13(15)18(19)22/h4,6-8,20,23H,3,5H2,1-2H3. The Labute approximate surface area is 133 Å². The van der Waals surface area contributed by atoms with Crippen LogP contribution >= 0.6 is 0 Å². The molecule has 0 bridgehead atoms. The van der Waals surface area contributed by atoms with Crippen LogP contribution in [0.3, 0.4) is 0 Å². The van der Waals surface area contributed by atoms with Crippen molar-refractivity contribution in [3.8, 4) is 5.75 Å². The fourth-order valence-corrected chi connectivity index (χ4v) is 3.89. The van der Waals surface area contributed by atoms with E-state index in [0.29, 0.717) is 5.57 Å². The van der Waals surface area contributed by atoms with Gasteiger partial charge in [0, 0.05) is 16.7 Å². The van der Waals surface area contributed by atoms with Crippen LogP contribution in [-0.2, 0) is 0 Å². The third kappa shape index (κ3) is 1.59. The molecular formula is C19H16O4. The smallest absolute Gasteiger partial charge is 0.204 e. The summed E-state index contributed by atoms with van der Waals surface area (Å²) in [7, 11) is 0. The van der Waals surface area contributed by atoms with E-state index in [9.17, 15) is 19.8 Å². The van der Waals surface area contributed by atoms with Gasteiger partial charge < -0.3 is 10.2 Å². The topological polar surface area (TPSA) is 74.6 Å². The molecule has 1 aromatic rings. The van der Waals surface area contributed by atoms with Gasteiger partial charge in [0.2, 0.25) is 5.78 Å². The molecule has 0 aliphatic heterocycles. The number of ketones is 2. The summed E-state index contributed by atoms with van der Waals surface area (Å²) in [5, 5.41) is 20.8. The van der Waals surface area contributed by atoms with Crippen LogP contribution in [-0.4, -0.2) is 27.4 Å². The van der Waals surface area contributed by atoms with Crippen molar-refractivity contribution in [3.05, 3.63) is 63.3 Å². The number of aliphatic hydroxyl groups is 1. The lowest BCUT2D eigenvalue weighted by molar-refractivity contribution is 0.0552. The minimum Gasteiger partial charge on any atom is -0.508 e. The van der Waals surface area contributed by atoms with Gasteiger partial charge in [-0.15, -0.1) is 0 Å². The number of hydrogen-bond donors (Lipinski definition) is 2. The van der Waals surface area contributed by atoms with E-state index in [1.54, 1.807) is 13.0 Å². The van der Waals surface area contributed by atoms with Gasteiger partial charge >= 0.3 is 0 Å². The molecule has 0 amide bonds. The average Bonchev–Trinajstić information content (AvgIpc) is 2.89. The Morgan fingerprint density at radius 1 is 1.09 bits per heavy atom. The SMILES string of the molecule is CC1=C2C=C3C(=O)c4cc(O)ccc4C(=O)C3(O)C(C)=C2CC1. The number of carbonyl (C=O) groups is 2. The maximum atomic E-state index is 12.9. The summed E-state index contributed by atoms with van der Waals surface area (Å²) in [4.78, 5) is 25.8. The van der Waals surface area contributed by atoms with Crippen molar-refractivity contribution >= 4 is 11.6 Å². The molecule has 1 aromatic carbocycles. The van der Waals surface area contributed by atoms with E-state index in [1.807, 2.05) is 6.92 Å². The molecule has 3 aliphatic carbocycles. The number of allylic oxidation sites excluding steroid dienone is 4. The fraction of sp³-hybridized carbons (Fsp3) is 0.263. The van der Waals surface area contributed by atoms with Gasteiger partial charge in [-0.1, -0.05) is 5.57 Å². The van der Waals surface area contributed by atoms with E-state index in [2.05, 4.69) is 0 Å². The van der Waals surface area contributed by atoms with Crippen LogP contribution in [0.5, 0.6) is 5.75 Å². The lowest BCUT2D eigenvalue weighted by atomic mass is 9.66. The summed E-state index contributed by atoms with van der Waals surface area (Å²) in [6.45, 7) is 3.74. The summed E-state index contributed by atoms with van der Waals surface area (Å²) >= 11 is 0. The zero-order chi connectivity index (χ0) is 16.5. The molecule has 0 radical (unpaired) electrons. The summed E-state index contributed by atoms with van der Waals surface area (Å²) < 4.78 is 0. The number of benzene rings is 1. The summed E-state index contributed by atoms with van der Waals surface area (Å²) in [5.41, 5.74) is 2.18. The van der Waals surface area contributed by atoms with E-state index in [-0.39, 0.29) is 22.4 Å². The quantitative estimate of drug-likeness (QED) is 0.773. The van der Waals surface area contributed by atoms with Gasteiger partial charge in [0.15, 0.2) is 11.4 Å². The normalized spacial score (nSPS) is 26.1. The monoisotopic (exact) mass is 308 g/mol. The van der Waals surface area contributed by atoms with Gasteiger partial charge in [-0.25, -0.2) is 0 Å². The molecule has 4 nitrogen and oxygen atoms in total. The van der Waals surface area contributed by atoms with Crippen molar-refractivity contribution in [2.24, 2.45) is 0 Å². The Balaban J connectivity index is 2.05. The third-order valence-corrected chi connectivity index (χ3v) is 5.27. The van der Waals surface area contributed by atoms with Crippen molar-refractivity contribution < 1.29 is 19.8 Å². The van der Waals surface area contributed by atoms with Crippen LogP contribution < -0.4 is 0 Å². The van der Waals surface area contributed by atoms with Gasteiger partial charge in [-0.05, 0) is 67.7 Å². The number of aromatic hydroxyl groups is 1. The molecule has 116 valence electrons. The van der Waals surface area contributed by atoms with E-state index in [0.717, 1.165) is 29.6 Å². The van der Waals surface area contributed by atoms with E-state index < -0.39 is 17.2 Å². The Bertz CT molecular complexity index is 898. The second-order valence-corrected chi connectivity index (χ2v) is 6.45. The number of hydrogen-bond acceptors (Lipinski definition) is 4. The maximum absolute atomic E-state index is 12.9. The predicted octanol–water partition coefficient (Wildman–Crippen LogP) is 2.87. The van der Waals surface area contributed by atoms with Crippen molar-refractivity contribution in [1.29, 1.82) is 0 Å². The Kier molecular flexibility index (Phi) is 2.64. The number of fused-ring (bicyclic) bond motifs is 3. The van der Waals surface area contributed by atoms with Gasteiger partial charge in [0.1, 0.15) is 5.75 Å². The third-order valence-electron chi connectivity index (χ3n) is 5.27. The zero-order valence-electron chi connectivity index (χ0n) is 12.9. The molecule has 0 aromatic heterocycles.